The first-order chi connectivity index (χ1) is 15.4. The number of hydrogen-bond acceptors (Lipinski definition) is 7. The number of benzene rings is 1. The van der Waals surface area contributed by atoms with Crippen molar-refractivity contribution in [1.29, 1.82) is 0 Å². The van der Waals surface area contributed by atoms with Gasteiger partial charge >= 0.3 is 6.09 Å². The van der Waals surface area contributed by atoms with Crippen LogP contribution in [0.3, 0.4) is 0 Å². The maximum absolute atomic E-state index is 14.5. The Hall–Kier alpha value is -4.41. The van der Waals surface area contributed by atoms with Gasteiger partial charge in [-0.15, -0.1) is 0 Å². The average molecular weight is 435 g/mol. The van der Waals surface area contributed by atoms with E-state index in [1.807, 2.05) is 0 Å². The van der Waals surface area contributed by atoms with E-state index in [1.165, 1.54) is 43.0 Å². The molecule has 10 nitrogen and oxygen atoms in total. The molecular formula is C21H18FN7O3. The van der Waals surface area contributed by atoms with Gasteiger partial charge < -0.3 is 10.1 Å². The number of nitrogens with zero attached hydrogens (tertiary/aromatic N) is 5. The Labute approximate surface area is 181 Å². The van der Waals surface area contributed by atoms with Gasteiger partial charge in [-0.05, 0) is 32.0 Å². The monoisotopic (exact) mass is 435 g/mol. The van der Waals surface area contributed by atoms with Gasteiger partial charge in [0.05, 0.1) is 29.9 Å². The maximum Gasteiger partial charge on any atom is 0.411 e. The standard InChI is InChI=1S/C21H18FN7O3/c1-12(2)32-21(31)27-14-8-25-20-28-18(11-29(20)10-14)15-7-13(3-4-16(15)22)26-19(30)17-9-23-5-6-24-17/h3-12H,1-2H3,(H,26,30)(H,27,31). The van der Waals surface area contributed by atoms with Crippen LogP contribution in [-0.2, 0) is 4.74 Å². The van der Waals surface area contributed by atoms with Crippen molar-refractivity contribution in [3.63, 3.8) is 0 Å². The van der Waals surface area contributed by atoms with Gasteiger partial charge in [0.1, 0.15) is 11.5 Å². The molecule has 0 unspecified atom stereocenters. The molecule has 2 N–H and O–H groups in total. The first-order valence-electron chi connectivity index (χ1n) is 9.59. The molecule has 11 heteroatoms. The van der Waals surface area contributed by atoms with E-state index in [0.29, 0.717) is 22.8 Å². The number of ether oxygens (including phenoxy) is 1. The number of imidazole rings is 1. The van der Waals surface area contributed by atoms with Crippen LogP contribution in [-0.4, -0.2) is 42.4 Å². The molecule has 32 heavy (non-hydrogen) atoms. The Balaban J connectivity index is 1.58. The summed E-state index contributed by atoms with van der Waals surface area (Å²) in [5.41, 5.74) is 1.35. The van der Waals surface area contributed by atoms with E-state index >= 15 is 0 Å². The summed E-state index contributed by atoms with van der Waals surface area (Å²) in [5, 5.41) is 5.22. The van der Waals surface area contributed by atoms with Gasteiger partial charge in [0, 0.05) is 36.0 Å². The fourth-order valence-electron chi connectivity index (χ4n) is 2.85. The van der Waals surface area contributed by atoms with Crippen LogP contribution in [0.2, 0.25) is 0 Å². The van der Waals surface area contributed by atoms with Crippen molar-refractivity contribution >= 4 is 29.2 Å². The fraction of sp³-hybridized carbons (Fsp3) is 0.143. The molecule has 0 saturated heterocycles. The summed E-state index contributed by atoms with van der Waals surface area (Å²) in [4.78, 5) is 40.4. The van der Waals surface area contributed by atoms with Crippen LogP contribution >= 0.6 is 0 Å². The highest BCUT2D eigenvalue weighted by molar-refractivity contribution is 6.02. The van der Waals surface area contributed by atoms with E-state index in [2.05, 4.69) is 30.6 Å². The third-order valence-corrected chi connectivity index (χ3v) is 4.20. The molecule has 3 heterocycles. The zero-order valence-corrected chi connectivity index (χ0v) is 17.1. The Morgan fingerprint density at radius 3 is 2.66 bits per heavy atom. The molecule has 3 aromatic heterocycles. The molecule has 0 atom stereocenters. The molecule has 0 aliphatic carbocycles. The number of carbonyl (C=O) groups is 2. The molecule has 0 fully saturated rings. The lowest BCUT2D eigenvalue weighted by atomic mass is 10.1. The Bertz CT molecular complexity index is 1290. The highest BCUT2D eigenvalue weighted by Gasteiger charge is 2.14. The minimum atomic E-state index is -0.612. The average Bonchev–Trinajstić information content (AvgIpc) is 3.18. The summed E-state index contributed by atoms with van der Waals surface area (Å²) in [7, 11) is 0. The number of carbonyl (C=O) groups excluding carboxylic acids is 2. The molecule has 162 valence electrons. The second-order valence-corrected chi connectivity index (χ2v) is 6.99. The Kier molecular flexibility index (Phi) is 5.71. The molecule has 0 saturated carbocycles. The zero-order chi connectivity index (χ0) is 22.7. The van der Waals surface area contributed by atoms with E-state index in [0.717, 1.165) is 0 Å². The number of fused-ring (bicyclic) bond motifs is 1. The van der Waals surface area contributed by atoms with Gasteiger partial charge in [-0.1, -0.05) is 0 Å². The third-order valence-electron chi connectivity index (χ3n) is 4.20. The predicted molar refractivity (Wildman–Crippen MR) is 114 cm³/mol. The van der Waals surface area contributed by atoms with Crippen molar-refractivity contribution in [3.05, 3.63) is 66.9 Å². The largest absolute Gasteiger partial charge is 0.447 e. The van der Waals surface area contributed by atoms with E-state index < -0.39 is 17.8 Å². The van der Waals surface area contributed by atoms with E-state index in [1.54, 1.807) is 30.6 Å². The van der Waals surface area contributed by atoms with Crippen molar-refractivity contribution in [1.82, 2.24) is 24.3 Å². The minimum Gasteiger partial charge on any atom is -0.447 e. The number of nitrogens with one attached hydrogen (secondary N) is 2. The summed E-state index contributed by atoms with van der Waals surface area (Å²) in [6.07, 6.45) is 7.87. The van der Waals surface area contributed by atoms with Crippen molar-refractivity contribution in [2.24, 2.45) is 0 Å². The van der Waals surface area contributed by atoms with Crippen molar-refractivity contribution in [2.75, 3.05) is 10.6 Å². The molecule has 1 aromatic carbocycles. The van der Waals surface area contributed by atoms with Gasteiger partial charge in [0.15, 0.2) is 0 Å². The van der Waals surface area contributed by atoms with Gasteiger partial charge in [-0.3, -0.25) is 19.5 Å². The van der Waals surface area contributed by atoms with Crippen LogP contribution in [0, 0.1) is 5.82 Å². The number of anilines is 2. The number of hydrogen-bond donors (Lipinski definition) is 2. The molecule has 0 radical (unpaired) electrons. The molecule has 0 spiro atoms. The van der Waals surface area contributed by atoms with Crippen LogP contribution in [0.4, 0.5) is 20.6 Å². The van der Waals surface area contributed by atoms with Gasteiger partial charge in [-0.2, -0.15) is 0 Å². The Morgan fingerprint density at radius 2 is 1.91 bits per heavy atom. The van der Waals surface area contributed by atoms with E-state index in [-0.39, 0.29) is 17.4 Å². The second kappa shape index (κ2) is 8.76. The summed E-state index contributed by atoms with van der Waals surface area (Å²) < 4.78 is 21.1. The van der Waals surface area contributed by atoms with Crippen molar-refractivity contribution in [3.8, 4) is 11.3 Å². The summed E-state index contributed by atoms with van der Waals surface area (Å²) in [6, 6.07) is 4.13. The topological polar surface area (TPSA) is 123 Å². The molecule has 4 aromatic rings. The first-order valence-corrected chi connectivity index (χ1v) is 9.59. The predicted octanol–water partition coefficient (Wildman–Crippen LogP) is 3.53. The quantitative estimate of drug-likeness (QED) is 0.491. The SMILES string of the molecule is CC(C)OC(=O)Nc1cnc2nc(-c3cc(NC(=O)c4cnccn4)ccc3F)cn2c1. The molecule has 0 bridgehead atoms. The summed E-state index contributed by atoms with van der Waals surface area (Å²) in [5.74, 6) is -0.697. The second-order valence-electron chi connectivity index (χ2n) is 6.99. The van der Waals surface area contributed by atoms with Crippen molar-refractivity contribution < 1.29 is 18.7 Å². The summed E-state index contributed by atoms with van der Waals surface area (Å²) in [6.45, 7) is 3.48. The van der Waals surface area contributed by atoms with Crippen LogP contribution in [0.15, 0.2) is 55.4 Å². The Morgan fingerprint density at radius 1 is 1.06 bits per heavy atom. The van der Waals surface area contributed by atoms with Gasteiger partial charge in [-0.25, -0.2) is 24.1 Å². The van der Waals surface area contributed by atoms with E-state index in [9.17, 15) is 14.0 Å². The highest BCUT2D eigenvalue weighted by atomic mass is 19.1. The molecular weight excluding hydrogens is 417 g/mol. The normalized spacial score (nSPS) is 10.9. The van der Waals surface area contributed by atoms with Crippen LogP contribution < -0.4 is 10.6 Å². The lowest BCUT2D eigenvalue weighted by molar-refractivity contribution is 0.102. The number of rotatable bonds is 5. The molecule has 0 aliphatic heterocycles. The third kappa shape index (κ3) is 4.67. The van der Waals surface area contributed by atoms with Crippen molar-refractivity contribution in [2.45, 2.75) is 20.0 Å². The maximum atomic E-state index is 14.5. The number of aromatic nitrogens is 5. The zero-order valence-electron chi connectivity index (χ0n) is 17.1. The highest BCUT2D eigenvalue weighted by Crippen LogP contribution is 2.26. The lowest BCUT2D eigenvalue weighted by Crippen LogP contribution is -2.18. The van der Waals surface area contributed by atoms with E-state index in [4.69, 9.17) is 4.74 Å². The molecule has 2 amide bonds. The lowest BCUT2D eigenvalue weighted by Gasteiger charge is -2.09. The summed E-state index contributed by atoms with van der Waals surface area (Å²) >= 11 is 0. The van der Waals surface area contributed by atoms with Crippen LogP contribution in [0.5, 0.6) is 0 Å². The fourth-order valence-corrected chi connectivity index (χ4v) is 2.85. The number of amides is 2. The minimum absolute atomic E-state index is 0.131. The van der Waals surface area contributed by atoms with Crippen LogP contribution in [0.25, 0.3) is 17.0 Å². The smallest absolute Gasteiger partial charge is 0.411 e. The van der Waals surface area contributed by atoms with Crippen LogP contribution in [0.1, 0.15) is 24.3 Å². The van der Waals surface area contributed by atoms with Gasteiger partial charge in [0.2, 0.25) is 5.78 Å². The van der Waals surface area contributed by atoms with Gasteiger partial charge in [0.25, 0.3) is 5.91 Å². The first kappa shape index (κ1) is 20.8. The molecule has 0 aliphatic rings. The molecule has 4 rings (SSSR count). The number of halogens is 1.